The Bertz CT molecular complexity index is 4440. The largest absolute Gasteiger partial charge is 0.456 e. The normalized spacial score (nSPS) is 14.4. The predicted molar refractivity (Wildman–Crippen MR) is 297 cm³/mol. The van der Waals surface area contributed by atoms with Crippen LogP contribution >= 0.6 is 0 Å². The van der Waals surface area contributed by atoms with Crippen molar-refractivity contribution in [1.82, 2.24) is 0 Å². The summed E-state index contributed by atoms with van der Waals surface area (Å²) in [6.45, 7) is 0. The van der Waals surface area contributed by atoms with Gasteiger partial charge in [-0.3, -0.25) is 0 Å². The lowest BCUT2D eigenvalue weighted by molar-refractivity contribution is 0.447. The molecule has 0 saturated heterocycles. The van der Waals surface area contributed by atoms with Gasteiger partial charge in [0.15, 0.2) is 0 Å². The maximum atomic E-state index is 7.34. The van der Waals surface area contributed by atoms with Gasteiger partial charge in [-0.2, -0.15) is 0 Å². The highest BCUT2D eigenvalue weighted by molar-refractivity contribution is 6.08. The highest BCUT2D eigenvalue weighted by Gasteiger charge is 2.54. The molecule has 0 amide bonds. The predicted octanol–water partition coefficient (Wildman–Crippen LogP) is 18.2. The van der Waals surface area contributed by atoms with Crippen molar-refractivity contribution in [1.29, 1.82) is 0 Å². The lowest BCUT2D eigenvalue weighted by Crippen LogP contribution is -2.32. The lowest BCUT2D eigenvalue weighted by atomic mass is 9.65. The van der Waals surface area contributed by atoms with Crippen molar-refractivity contribution in [3.63, 3.8) is 0 Å². The molecular weight excluding hydrogens is 887 g/mol. The van der Waals surface area contributed by atoms with E-state index in [9.17, 15) is 0 Å². The number of benzene rings is 12. The smallest absolute Gasteiger partial charge is 0.140 e. The second-order valence-electron chi connectivity index (χ2n) is 20.2. The molecule has 338 valence electrons. The Kier molecular flexibility index (Phi) is 7.60. The molecule has 0 radical (unpaired) electrons. The molecule has 0 saturated carbocycles. The minimum atomic E-state index is -0.707. The van der Waals surface area contributed by atoms with Crippen LogP contribution in [0.3, 0.4) is 0 Å². The molecule has 0 N–H and O–H groups in total. The molecule has 2 heterocycles. The molecule has 0 fully saturated rings. The first-order valence-electron chi connectivity index (χ1n) is 25.3. The van der Waals surface area contributed by atoms with Crippen molar-refractivity contribution >= 4 is 60.5 Å². The summed E-state index contributed by atoms with van der Waals surface area (Å²) in [6, 6.07) is 92.2. The van der Waals surface area contributed by atoms with Gasteiger partial charge >= 0.3 is 0 Å². The maximum Gasteiger partial charge on any atom is 0.140 e. The van der Waals surface area contributed by atoms with E-state index in [0.29, 0.717) is 0 Å². The van der Waals surface area contributed by atoms with Crippen LogP contribution in [0.5, 0.6) is 11.5 Å². The minimum Gasteiger partial charge on any atom is -0.456 e. The van der Waals surface area contributed by atoms with Crippen molar-refractivity contribution in [2.75, 3.05) is 4.90 Å². The molecular formula is C70H41NO2. The summed E-state index contributed by atoms with van der Waals surface area (Å²) in [5.41, 5.74) is 21.4. The zero-order valence-electron chi connectivity index (χ0n) is 39.4. The van der Waals surface area contributed by atoms with E-state index in [-0.39, 0.29) is 0 Å². The second kappa shape index (κ2) is 14.1. The minimum absolute atomic E-state index is 0.450. The van der Waals surface area contributed by atoms with Crippen LogP contribution in [-0.2, 0) is 10.8 Å². The fourth-order valence-corrected chi connectivity index (χ4v) is 14.1. The third kappa shape index (κ3) is 4.85. The van der Waals surface area contributed by atoms with Crippen LogP contribution in [0.25, 0.3) is 76.9 Å². The van der Waals surface area contributed by atoms with Gasteiger partial charge in [-0.15, -0.1) is 0 Å². The van der Waals surface area contributed by atoms with Crippen LogP contribution in [0.4, 0.5) is 17.1 Å². The molecule has 2 spiro atoms. The quantitative estimate of drug-likeness (QED) is 0.177. The van der Waals surface area contributed by atoms with E-state index < -0.39 is 10.8 Å². The van der Waals surface area contributed by atoms with Crippen molar-refractivity contribution in [3.8, 4) is 44.9 Å². The van der Waals surface area contributed by atoms with Gasteiger partial charge in [0.2, 0.25) is 0 Å². The third-order valence-corrected chi connectivity index (χ3v) is 16.9. The Morgan fingerprint density at radius 3 is 1.40 bits per heavy atom. The first-order chi connectivity index (χ1) is 36.2. The van der Waals surface area contributed by atoms with Crippen molar-refractivity contribution in [3.05, 3.63) is 293 Å². The number of para-hydroxylation sites is 1. The molecule has 3 aliphatic carbocycles. The van der Waals surface area contributed by atoms with Crippen LogP contribution in [0.2, 0.25) is 0 Å². The zero-order chi connectivity index (χ0) is 47.6. The fraction of sp³-hybridized carbons (Fsp3) is 0.0286. The van der Waals surface area contributed by atoms with E-state index >= 15 is 0 Å². The fourth-order valence-electron chi connectivity index (χ4n) is 14.1. The molecule has 4 aliphatic rings. The highest BCUT2D eigenvalue weighted by atomic mass is 16.5. The van der Waals surface area contributed by atoms with E-state index in [0.717, 1.165) is 83.2 Å². The Labute approximate surface area is 421 Å². The Morgan fingerprint density at radius 2 is 0.740 bits per heavy atom. The summed E-state index contributed by atoms with van der Waals surface area (Å²) in [5.74, 6) is 1.82. The molecule has 0 bridgehead atoms. The number of fused-ring (bicyclic) bond motifs is 26. The summed E-state index contributed by atoms with van der Waals surface area (Å²) < 4.78 is 13.8. The maximum absolute atomic E-state index is 7.34. The van der Waals surface area contributed by atoms with E-state index in [1.807, 2.05) is 6.07 Å². The Balaban J connectivity index is 0.973. The van der Waals surface area contributed by atoms with Crippen LogP contribution in [0.15, 0.2) is 253 Å². The number of hydrogen-bond acceptors (Lipinski definition) is 3. The first kappa shape index (κ1) is 39.3. The number of ether oxygens (including phenoxy) is 1. The van der Waals surface area contributed by atoms with Gasteiger partial charge in [0.05, 0.1) is 16.5 Å². The van der Waals surface area contributed by atoms with E-state index in [4.69, 9.17) is 9.15 Å². The third-order valence-electron chi connectivity index (χ3n) is 16.9. The van der Waals surface area contributed by atoms with Crippen molar-refractivity contribution in [2.45, 2.75) is 10.8 Å². The lowest BCUT2D eigenvalue weighted by Gasteiger charge is -2.40. The summed E-state index contributed by atoms with van der Waals surface area (Å²) in [4.78, 5) is 2.52. The molecule has 0 unspecified atom stereocenters. The molecule has 17 rings (SSSR count). The average Bonchev–Trinajstić information content (AvgIpc) is 4.24. The standard InChI is InChI=1S/C70H41NO2/c1-3-18-46-42(16-1)32-36-61-67(46)73-68-47-19-4-2-17-43(47)33-37-62(68)70(61)58-28-13-8-24-52(58)66-60(70)29-15-30-63(66)71(45-35-39-65-54(41-45)51-23-9-14-31-64(51)72-65)44-34-38-59-53(40-44)50-22-7-12-27-57(50)69(59)55-25-10-5-20-48(55)49-21-6-11-26-56(49)69/h1-41H. The molecule has 3 nitrogen and oxygen atoms in total. The van der Waals surface area contributed by atoms with Gasteiger partial charge < -0.3 is 14.1 Å². The summed E-state index contributed by atoms with van der Waals surface area (Å²) in [6.07, 6.45) is 0. The van der Waals surface area contributed by atoms with Crippen LogP contribution in [-0.4, -0.2) is 0 Å². The van der Waals surface area contributed by atoms with Crippen molar-refractivity contribution < 1.29 is 9.15 Å². The first-order valence-corrected chi connectivity index (χ1v) is 25.3. The average molecular weight is 928 g/mol. The Morgan fingerprint density at radius 1 is 0.288 bits per heavy atom. The Hall–Kier alpha value is -9.44. The van der Waals surface area contributed by atoms with Crippen molar-refractivity contribution in [2.24, 2.45) is 0 Å². The summed E-state index contributed by atoms with van der Waals surface area (Å²) >= 11 is 0. The van der Waals surface area contributed by atoms with Gasteiger partial charge in [-0.1, -0.05) is 206 Å². The zero-order valence-corrected chi connectivity index (χ0v) is 39.4. The van der Waals surface area contributed by atoms with E-state index in [1.54, 1.807) is 0 Å². The van der Waals surface area contributed by atoms with Gasteiger partial charge in [-0.05, 0) is 114 Å². The molecule has 73 heavy (non-hydrogen) atoms. The molecule has 0 atom stereocenters. The van der Waals surface area contributed by atoms with Crippen LogP contribution < -0.4 is 9.64 Å². The van der Waals surface area contributed by atoms with Gasteiger partial charge in [0.25, 0.3) is 0 Å². The number of furan rings is 1. The second-order valence-corrected chi connectivity index (χ2v) is 20.2. The number of hydrogen-bond donors (Lipinski definition) is 0. The number of anilines is 3. The molecule has 3 heteroatoms. The van der Waals surface area contributed by atoms with Gasteiger partial charge in [-0.25, -0.2) is 0 Å². The molecule has 1 aromatic heterocycles. The summed E-state index contributed by atoms with van der Waals surface area (Å²) in [5, 5.41) is 6.69. The number of rotatable bonds is 3. The molecule has 1 aliphatic heterocycles. The topological polar surface area (TPSA) is 25.6 Å². The number of nitrogens with zero attached hydrogens (tertiary/aromatic N) is 1. The van der Waals surface area contributed by atoms with Gasteiger partial charge in [0.1, 0.15) is 22.7 Å². The highest BCUT2D eigenvalue weighted by Crippen LogP contribution is 2.67. The monoisotopic (exact) mass is 927 g/mol. The molecule has 13 aromatic rings. The van der Waals surface area contributed by atoms with Crippen LogP contribution in [0, 0.1) is 0 Å². The van der Waals surface area contributed by atoms with E-state index in [2.05, 4.69) is 248 Å². The molecule has 12 aromatic carbocycles. The van der Waals surface area contributed by atoms with Gasteiger partial charge in [0, 0.05) is 49.6 Å². The van der Waals surface area contributed by atoms with E-state index in [1.165, 1.54) is 66.8 Å². The van der Waals surface area contributed by atoms with Crippen LogP contribution in [0.1, 0.15) is 44.5 Å². The SMILES string of the molecule is c1ccc2c(c1)-c1ccccc1C21c2ccccc2-c2cc(N(c3ccc4oc5ccccc5c4c3)c3cccc4c3-c3ccccc3C43c4ccc5ccccc5c4Oc4c3ccc3ccccc43)ccc21. The summed E-state index contributed by atoms with van der Waals surface area (Å²) in [7, 11) is 0.